The lowest BCUT2D eigenvalue weighted by molar-refractivity contribution is 0.153. The van der Waals surface area contributed by atoms with Gasteiger partial charge in [-0.1, -0.05) is 59.7 Å². The first-order valence-electron chi connectivity index (χ1n) is 13.0. The zero-order chi connectivity index (χ0) is 24.9. The summed E-state index contributed by atoms with van der Waals surface area (Å²) in [5, 5.41) is 2.57. The largest absolute Gasteiger partial charge is 0.416 e. The van der Waals surface area contributed by atoms with E-state index in [2.05, 4.69) is 98.1 Å². The molecule has 0 aliphatic rings. The summed E-state index contributed by atoms with van der Waals surface area (Å²) in [6, 6.07) is 9.58. The van der Waals surface area contributed by atoms with Crippen LogP contribution < -0.4 is 0 Å². The van der Waals surface area contributed by atoms with Crippen molar-refractivity contribution in [2.45, 2.75) is 118 Å². The van der Waals surface area contributed by atoms with Crippen molar-refractivity contribution in [2.75, 3.05) is 6.61 Å². The Labute approximate surface area is 210 Å². The summed E-state index contributed by atoms with van der Waals surface area (Å²) in [6.45, 7) is 24.1. The highest BCUT2D eigenvalue weighted by Crippen LogP contribution is 2.38. The van der Waals surface area contributed by atoms with E-state index >= 15 is 0 Å². The molecule has 1 unspecified atom stereocenters. The molecule has 2 rings (SSSR count). The van der Waals surface area contributed by atoms with E-state index in [-0.39, 0.29) is 10.5 Å². The molecule has 0 radical (unpaired) electrons. The molecule has 0 bridgehead atoms. The molecule has 1 aromatic carbocycles. The van der Waals surface area contributed by atoms with Crippen LogP contribution in [0.4, 0.5) is 0 Å². The summed E-state index contributed by atoms with van der Waals surface area (Å²) in [7, 11) is -1.67. The van der Waals surface area contributed by atoms with Crippen LogP contribution in [0, 0.1) is 19.3 Å². The van der Waals surface area contributed by atoms with Crippen molar-refractivity contribution in [3.8, 4) is 0 Å². The van der Waals surface area contributed by atoms with Crippen molar-refractivity contribution in [1.29, 1.82) is 0 Å². The van der Waals surface area contributed by atoms with Gasteiger partial charge in [-0.3, -0.25) is 0 Å². The molecule has 1 nitrogen and oxygen atoms in total. The Kier molecular flexibility index (Phi) is 10.0. The molecular formula is C30H50OSSi. The third kappa shape index (κ3) is 8.67. The Morgan fingerprint density at radius 3 is 2.24 bits per heavy atom. The molecule has 0 aliphatic carbocycles. The lowest BCUT2D eigenvalue weighted by atomic mass is 9.87. The summed E-state index contributed by atoms with van der Waals surface area (Å²) < 4.78 is 6.53. The first kappa shape index (κ1) is 28.3. The van der Waals surface area contributed by atoms with Crippen LogP contribution in [0.3, 0.4) is 0 Å². The van der Waals surface area contributed by atoms with Crippen molar-refractivity contribution in [3.63, 3.8) is 0 Å². The number of aryl methyl sites for hydroxylation is 4. The van der Waals surface area contributed by atoms with Gasteiger partial charge in [0.2, 0.25) is 0 Å². The fourth-order valence-corrected chi connectivity index (χ4v) is 6.48. The fraction of sp³-hybridized carbons (Fsp3) is 0.667. The van der Waals surface area contributed by atoms with Crippen molar-refractivity contribution in [1.82, 2.24) is 0 Å². The summed E-state index contributed by atoms with van der Waals surface area (Å²) in [5.74, 6) is 0.694. The monoisotopic (exact) mass is 486 g/mol. The van der Waals surface area contributed by atoms with Gasteiger partial charge in [0.15, 0.2) is 8.32 Å². The van der Waals surface area contributed by atoms with Crippen LogP contribution in [0.1, 0.15) is 100 Å². The molecule has 1 aromatic heterocycles. The Bertz CT molecular complexity index is 872. The van der Waals surface area contributed by atoms with Crippen LogP contribution in [-0.4, -0.2) is 14.9 Å². The maximum atomic E-state index is 6.53. The normalized spacial score (nSPS) is 14.0. The summed E-state index contributed by atoms with van der Waals surface area (Å²) in [4.78, 5) is 1.56. The first-order valence-corrected chi connectivity index (χ1v) is 16.8. The van der Waals surface area contributed by atoms with Gasteiger partial charge in [0.05, 0.1) is 0 Å². The second-order valence-electron chi connectivity index (χ2n) is 12.5. The van der Waals surface area contributed by atoms with Gasteiger partial charge in [0.25, 0.3) is 0 Å². The molecule has 0 amide bonds. The molecular weight excluding hydrogens is 436 g/mol. The van der Waals surface area contributed by atoms with Crippen LogP contribution in [0.2, 0.25) is 18.1 Å². The van der Waals surface area contributed by atoms with E-state index < -0.39 is 8.32 Å². The third-order valence-corrected chi connectivity index (χ3v) is 13.5. The van der Waals surface area contributed by atoms with Crippen LogP contribution >= 0.6 is 11.3 Å². The van der Waals surface area contributed by atoms with E-state index in [0.717, 1.165) is 6.61 Å². The lowest BCUT2D eigenvalue weighted by Crippen LogP contribution is -2.43. The highest BCUT2D eigenvalue weighted by atomic mass is 32.1. The maximum absolute atomic E-state index is 6.53. The average molecular weight is 487 g/mol. The van der Waals surface area contributed by atoms with Crippen molar-refractivity contribution in [2.24, 2.45) is 5.41 Å². The predicted octanol–water partition coefficient (Wildman–Crippen LogP) is 9.86. The predicted molar refractivity (Wildman–Crippen MR) is 151 cm³/mol. The number of hydrogen-bond donors (Lipinski definition) is 0. The highest BCUT2D eigenvalue weighted by Gasteiger charge is 2.38. The van der Waals surface area contributed by atoms with Gasteiger partial charge in [-0.05, 0) is 116 Å². The minimum atomic E-state index is -1.67. The smallest absolute Gasteiger partial charge is 0.192 e. The highest BCUT2D eigenvalue weighted by molar-refractivity contribution is 7.10. The maximum Gasteiger partial charge on any atom is 0.192 e. The zero-order valence-corrected chi connectivity index (χ0v) is 25.0. The molecule has 0 aliphatic heterocycles. The van der Waals surface area contributed by atoms with E-state index in [9.17, 15) is 0 Å². The molecule has 2 aromatic rings. The zero-order valence-electron chi connectivity index (χ0n) is 23.2. The van der Waals surface area contributed by atoms with Gasteiger partial charge in [0.1, 0.15) is 0 Å². The molecule has 0 N–H and O–H groups in total. The van der Waals surface area contributed by atoms with Crippen LogP contribution in [0.25, 0.3) is 0 Å². The SMILES string of the molecule is CCC(CCc1ccc(CCCC(C)(C)CO[Si](C)(C)C(C)(C)C)c(C)c1)c1cc(C)cs1. The van der Waals surface area contributed by atoms with Gasteiger partial charge in [-0.25, -0.2) is 0 Å². The standard InChI is InChI=1S/C30H50OSSi/c1-11-26(28-19-23(2)21-32-28)16-14-25-15-17-27(24(3)20-25)13-12-18-30(7,8)22-31-33(9,10)29(4,5)6/h15,17,19-21,26H,11-14,16,18,22H2,1-10H3. The van der Waals surface area contributed by atoms with Gasteiger partial charge in [-0.15, -0.1) is 11.3 Å². The number of thiophene rings is 1. The van der Waals surface area contributed by atoms with E-state index in [0.29, 0.717) is 5.92 Å². The van der Waals surface area contributed by atoms with Gasteiger partial charge in [0, 0.05) is 11.5 Å². The Morgan fingerprint density at radius 1 is 1.00 bits per heavy atom. The van der Waals surface area contributed by atoms with E-state index in [1.807, 2.05) is 11.3 Å². The number of benzene rings is 1. The van der Waals surface area contributed by atoms with Gasteiger partial charge in [-0.2, -0.15) is 0 Å². The first-order chi connectivity index (χ1) is 15.2. The lowest BCUT2D eigenvalue weighted by Gasteiger charge is -2.39. The van der Waals surface area contributed by atoms with Crippen molar-refractivity contribution in [3.05, 3.63) is 56.8 Å². The Morgan fingerprint density at radius 2 is 1.70 bits per heavy atom. The Hall–Kier alpha value is -0.903. The Balaban J connectivity index is 1.85. The van der Waals surface area contributed by atoms with Crippen LogP contribution in [-0.2, 0) is 17.3 Å². The molecule has 0 saturated heterocycles. The molecule has 0 fully saturated rings. The molecule has 0 spiro atoms. The summed E-state index contributed by atoms with van der Waals surface area (Å²) in [5.41, 5.74) is 6.11. The molecule has 3 heteroatoms. The van der Waals surface area contributed by atoms with Crippen molar-refractivity contribution >= 4 is 19.7 Å². The summed E-state index contributed by atoms with van der Waals surface area (Å²) >= 11 is 1.93. The summed E-state index contributed by atoms with van der Waals surface area (Å²) in [6.07, 6.45) is 7.25. The second-order valence-corrected chi connectivity index (χ2v) is 18.2. The van der Waals surface area contributed by atoms with Gasteiger partial charge >= 0.3 is 0 Å². The molecule has 1 heterocycles. The number of hydrogen-bond acceptors (Lipinski definition) is 2. The number of rotatable bonds is 12. The fourth-order valence-electron chi connectivity index (χ4n) is 4.17. The minimum absolute atomic E-state index is 0.235. The van der Waals surface area contributed by atoms with Crippen LogP contribution in [0.5, 0.6) is 0 Å². The molecule has 0 saturated carbocycles. The van der Waals surface area contributed by atoms with Gasteiger partial charge < -0.3 is 4.43 Å². The van der Waals surface area contributed by atoms with E-state index in [1.54, 1.807) is 4.88 Å². The average Bonchev–Trinajstić information content (AvgIpc) is 3.14. The molecule has 33 heavy (non-hydrogen) atoms. The third-order valence-electron chi connectivity index (χ3n) is 7.76. The molecule has 1 atom stereocenters. The molecule has 186 valence electrons. The van der Waals surface area contributed by atoms with Crippen LogP contribution in [0.15, 0.2) is 29.6 Å². The topological polar surface area (TPSA) is 9.23 Å². The second kappa shape index (κ2) is 11.7. The minimum Gasteiger partial charge on any atom is -0.416 e. The van der Waals surface area contributed by atoms with E-state index in [1.165, 1.54) is 60.8 Å². The van der Waals surface area contributed by atoms with E-state index in [4.69, 9.17) is 4.43 Å². The van der Waals surface area contributed by atoms with Crippen molar-refractivity contribution < 1.29 is 4.43 Å². The quantitative estimate of drug-likeness (QED) is 0.271.